The van der Waals surface area contributed by atoms with Gasteiger partial charge in [-0.3, -0.25) is 0 Å². The lowest BCUT2D eigenvalue weighted by Crippen LogP contribution is -1.97. The first kappa shape index (κ1) is 15.4. The molecule has 0 radical (unpaired) electrons. The molecule has 0 aliphatic heterocycles. The van der Waals surface area contributed by atoms with Crippen molar-refractivity contribution in [2.24, 2.45) is 0 Å². The fraction of sp³-hybridized carbons (Fsp3) is 1.00. The lowest BCUT2D eigenvalue weighted by Gasteiger charge is -2.03. The summed E-state index contributed by atoms with van der Waals surface area (Å²) in [5.74, 6) is 0. The van der Waals surface area contributed by atoms with Crippen molar-refractivity contribution >= 4 is 15.9 Å². The van der Waals surface area contributed by atoms with Crippen LogP contribution in [0.1, 0.15) is 64.7 Å². The molecule has 92 valence electrons. The summed E-state index contributed by atoms with van der Waals surface area (Å²) in [4.78, 5) is 0. The van der Waals surface area contributed by atoms with E-state index in [1.165, 1.54) is 57.8 Å². The lowest BCUT2D eigenvalue weighted by molar-refractivity contribution is 0.126. The van der Waals surface area contributed by atoms with Gasteiger partial charge in [0.1, 0.15) is 0 Å². The highest BCUT2D eigenvalue weighted by Crippen LogP contribution is 2.05. The number of alkyl halides is 1. The molecule has 0 N–H and O–H groups in total. The molecular formula is C13H27BrO. The molecule has 15 heavy (non-hydrogen) atoms. The molecule has 1 nitrogen and oxygen atoms in total. The summed E-state index contributed by atoms with van der Waals surface area (Å²) in [6, 6.07) is 0. The van der Waals surface area contributed by atoms with Gasteiger partial charge in [-0.25, -0.2) is 0 Å². The van der Waals surface area contributed by atoms with Crippen LogP contribution in [0, 0.1) is 0 Å². The maximum atomic E-state index is 5.57. The summed E-state index contributed by atoms with van der Waals surface area (Å²) in [6.45, 7) is 4.19. The second-order valence-electron chi connectivity index (χ2n) is 4.13. The van der Waals surface area contributed by atoms with Gasteiger partial charge in [-0.1, -0.05) is 61.4 Å². The van der Waals surface area contributed by atoms with E-state index in [0.717, 1.165) is 18.5 Å². The zero-order chi connectivity index (χ0) is 11.2. The van der Waals surface area contributed by atoms with Crippen LogP contribution in [0.15, 0.2) is 0 Å². The maximum absolute atomic E-state index is 5.57. The van der Waals surface area contributed by atoms with Gasteiger partial charge in [-0.15, -0.1) is 0 Å². The molecule has 0 rings (SSSR count). The summed E-state index contributed by atoms with van der Waals surface area (Å²) in [6.07, 6.45) is 11.9. The molecule has 0 spiro atoms. The Morgan fingerprint density at radius 3 is 1.87 bits per heavy atom. The van der Waals surface area contributed by atoms with Crippen molar-refractivity contribution in [2.75, 3.05) is 18.5 Å². The molecule has 2 heteroatoms. The zero-order valence-corrected chi connectivity index (χ0v) is 11.9. The van der Waals surface area contributed by atoms with E-state index < -0.39 is 0 Å². The van der Waals surface area contributed by atoms with Gasteiger partial charge in [-0.2, -0.15) is 0 Å². The fourth-order valence-corrected chi connectivity index (χ4v) is 1.96. The van der Waals surface area contributed by atoms with Crippen LogP contribution < -0.4 is 0 Å². The smallest absolute Gasteiger partial charge is 0.0466 e. The van der Waals surface area contributed by atoms with Crippen LogP contribution in [-0.2, 0) is 4.74 Å². The van der Waals surface area contributed by atoms with Crippen LogP contribution in [0.4, 0.5) is 0 Å². The van der Waals surface area contributed by atoms with E-state index in [0.29, 0.717) is 0 Å². The lowest BCUT2D eigenvalue weighted by atomic mass is 10.1. The van der Waals surface area contributed by atoms with Gasteiger partial charge in [0.2, 0.25) is 0 Å². The molecule has 0 bridgehead atoms. The van der Waals surface area contributed by atoms with Gasteiger partial charge in [0, 0.05) is 18.5 Å². The highest BCUT2D eigenvalue weighted by molar-refractivity contribution is 9.09. The van der Waals surface area contributed by atoms with Crippen LogP contribution in [0.5, 0.6) is 0 Å². The van der Waals surface area contributed by atoms with Gasteiger partial charge in [0.25, 0.3) is 0 Å². The van der Waals surface area contributed by atoms with Gasteiger partial charge in [0.15, 0.2) is 0 Å². The monoisotopic (exact) mass is 278 g/mol. The summed E-state index contributed by atoms with van der Waals surface area (Å²) in [7, 11) is 0. The SMILES string of the molecule is CCCCCCCCOCCCCCBr. The van der Waals surface area contributed by atoms with E-state index in [9.17, 15) is 0 Å². The molecule has 0 aromatic carbocycles. The molecule has 0 saturated carbocycles. The third kappa shape index (κ3) is 14.4. The molecule has 0 aliphatic rings. The molecule has 0 fully saturated rings. The Morgan fingerprint density at radius 2 is 1.27 bits per heavy atom. The number of hydrogen-bond donors (Lipinski definition) is 0. The van der Waals surface area contributed by atoms with Crippen LogP contribution in [-0.4, -0.2) is 18.5 Å². The Kier molecular flexibility index (Phi) is 14.9. The Morgan fingerprint density at radius 1 is 0.733 bits per heavy atom. The number of halogens is 1. The van der Waals surface area contributed by atoms with Crippen molar-refractivity contribution < 1.29 is 4.74 Å². The fourth-order valence-electron chi connectivity index (χ4n) is 1.56. The Balaban J connectivity index is 2.81. The second kappa shape index (κ2) is 14.4. The van der Waals surface area contributed by atoms with Crippen molar-refractivity contribution in [3.05, 3.63) is 0 Å². The molecule has 0 heterocycles. The highest BCUT2D eigenvalue weighted by atomic mass is 79.9. The number of unbranched alkanes of at least 4 members (excludes halogenated alkanes) is 7. The first-order valence-corrected chi connectivity index (χ1v) is 7.67. The minimum Gasteiger partial charge on any atom is -0.381 e. The van der Waals surface area contributed by atoms with Gasteiger partial charge in [0.05, 0.1) is 0 Å². The van der Waals surface area contributed by atoms with Crippen molar-refractivity contribution in [1.29, 1.82) is 0 Å². The van der Waals surface area contributed by atoms with Crippen molar-refractivity contribution in [3.63, 3.8) is 0 Å². The van der Waals surface area contributed by atoms with Crippen molar-refractivity contribution in [1.82, 2.24) is 0 Å². The molecule has 0 saturated heterocycles. The summed E-state index contributed by atoms with van der Waals surface area (Å²) in [5.41, 5.74) is 0. The average Bonchev–Trinajstić information content (AvgIpc) is 2.26. The normalized spacial score (nSPS) is 10.8. The summed E-state index contributed by atoms with van der Waals surface area (Å²) in [5, 5.41) is 1.13. The first-order valence-electron chi connectivity index (χ1n) is 6.55. The zero-order valence-electron chi connectivity index (χ0n) is 10.3. The third-order valence-corrected chi connectivity index (χ3v) is 3.13. The first-order chi connectivity index (χ1) is 7.41. The predicted molar refractivity (Wildman–Crippen MR) is 71.8 cm³/mol. The maximum Gasteiger partial charge on any atom is 0.0466 e. The topological polar surface area (TPSA) is 9.23 Å². The number of hydrogen-bond acceptors (Lipinski definition) is 1. The van der Waals surface area contributed by atoms with Crippen LogP contribution >= 0.6 is 15.9 Å². The molecule has 0 atom stereocenters. The predicted octanol–water partition coefficient (Wildman–Crippen LogP) is 4.93. The van der Waals surface area contributed by atoms with Gasteiger partial charge >= 0.3 is 0 Å². The molecule has 0 aromatic rings. The van der Waals surface area contributed by atoms with E-state index in [1.54, 1.807) is 0 Å². The number of ether oxygens (including phenoxy) is 1. The quantitative estimate of drug-likeness (QED) is 0.363. The molecule has 0 amide bonds. The standard InChI is InChI=1S/C13H27BrO/c1-2-3-4-5-6-9-12-15-13-10-7-8-11-14/h2-13H2,1H3. The molecule has 0 unspecified atom stereocenters. The second-order valence-corrected chi connectivity index (χ2v) is 4.92. The van der Waals surface area contributed by atoms with Gasteiger partial charge < -0.3 is 4.74 Å². The Bertz CT molecular complexity index is 94.7. The molecule has 0 aromatic heterocycles. The van der Waals surface area contributed by atoms with Crippen LogP contribution in [0.2, 0.25) is 0 Å². The highest BCUT2D eigenvalue weighted by Gasteiger charge is 1.91. The van der Waals surface area contributed by atoms with Crippen molar-refractivity contribution in [2.45, 2.75) is 64.7 Å². The summed E-state index contributed by atoms with van der Waals surface area (Å²) < 4.78 is 5.57. The van der Waals surface area contributed by atoms with Crippen molar-refractivity contribution in [3.8, 4) is 0 Å². The van der Waals surface area contributed by atoms with E-state index in [2.05, 4.69) is 22.9 Å². The van der Waals surface area contributed by atoms with E-state index in [-0.39, 0.29) is 0 Å². The summed E-state index contributed by atoms with van der Waals surface area (Å²) >= 11 is 3.43. The van der Waals surface area contributed by atoms with E-state index in [4.69, 9.17) is 4.74 Å². The largest absolute Gasteiger partial charge is 0.381 e. The minimum atomic E-state index is 0.960. The average molecular weight is 279 g/mol. The van der Waals surface area contributed by atoms with E-state index in [1.807, 2.05) is 0 Å². The third-order valence-electron chi connectivity index (χ3n) is 2.56. The number of rotatable bonds is 12. The Labute approximate surface area is 104 Å². The Hall–Kier alpha value is 0.440. The minimum absolute atomic E-state index is 0.960. The van der Waals surface area contributed by atoms with Crippen LogP contribution in [0.3, 0.4) is 0 Å². The molecular weight excluding hydrogens is 252 g/mol. The van der Waals surface area contributed by atoms with E-state index >= 15 is 0 Å². The molecule has 0 aliphatic carbocycles. The van der Waals surface area contributed by atoms with Gasteiger partial charge in [-0.05, 0) is 19.3 Å². The van der Waals surface area contributed by atoms with Crippen LogP contribution in [0.25, 0.3) is 0 Å².